The monoisotopic (exact) mass is 288 g/mol. The van der Waals surface area contributed by atoms with Crippen molar-refractivity contribution in [1.29, 1.82) is 0 Å². The van der Waals surface area contributed by atoms with Gasteiger partial charge in [0.15, 0.2) is 11.5 Å². The van der Waals surface area contributed by atoms with Gasteiger partial charge in [0.25, 0.3) is 0 Å². The molecule has 0 aromatic heterocycles. The topological polar surface area (TPSA) is 65.0 Å². The minimum Gasteiger partial charge on any atom is -0.507 e. The molecule has 0 atom stereocenters. The standard InChI is InChI=1S/C16H16O5/c1-19-13-7-5-4-6-10(13)16(18)11-8-14(20-2)15(21-3)9-12(11)17/h4-9,17H,1-3H3. The maximum Gasteiger partial charge on any atom is 0.200 e. The molecule has 2 rings (SSSR count). The lowest BCUT2D eigenvalue weighted by Gasteiger charge is -2.12. The Bertz CT molecular complexity index is 664. The smallest absolute Gasteiger partial charge is 0.200 e. The second kappa shape index (κ2) is 6.17. The number of hydrogen-bond acceptors (Lipinski definition) is 5. The van der Waals surface area contributed by atoms with Gasteiger partial charge in [0, 0.05) is 6.07 Å². The number of carbonyl (C=O) groups excluding carboxylic acids is 1. The molecule has 0 aliphatic heterocycles. The average Bonchev–Trinajstić information content (AvgIpc) is 2.53. The number of rotatable bonds is 5. The molecule has 5 heteroatoms. The molecule has 0 aliphatic carbocycles. The quantitative estimate of drug-likeness (QED) is 0.857. The van der Waals surface area contributed by atoms with E-state index in [4.69, 9.17) is 14.2 Å². The van der Waals surface area contributed by atoms with Gasteiger partial charge < -0.3 is 19.3 Å². The van der Waals surface area contributed by atoms with E-state index in [1.54, 1.807) is 24.3 Å². The maximum absolute atomic E-state index is 12.6. The first kappa shape index (κ1) is 14.7. The van der Waals surface area contributed by atoms with E-state index in [0.717, 1.165) is 0 Å². The van der Waals surface area contributed by atoms with Crippen molar-refractivity contribution in [1.82, 2.24) is 0 Å². The number of benzene rings is 2. The summed E-state index contributed by atoms with van der Waals surface area (Å²) in [6, 6.07) is 9.62. The number of methoxy groups -OCH3 is 3. The number of hydrogen-bond donors (Lipinski definition) is 1. The molecule has 2 aromatic rings. The molecule has 0 spiro atoms. The first-order chi connectivity index (χ1) is 10.1. The molecule has 0 aliphatic rings. The maximum atomic E-state index is 12.6. The molecule has 1 N–H and O–H groups in total. The lowest BCUT2D eigenvalue weighted by Crippen LogP contribution is -2.05. The highest BCUT2D eigenvalue weighted by molar-refractivity contribution is 6.12. The summed E-state index contributed by atoms with van der Waals surface area (Å²) in [5, 5.41) is 10.0. The minimum absolute atomic E-state index is 0.122. The Morgan fingerprint density at radius 3 is 2.05 bits per heavy atom. The molecule has 0 radical (unpaired) electrons. The number of phenols is 1. The number of para-hydroxylation sites is 1. The van der Waals surface area contributed by atoms with E-state index < -0.39 is 0 Å². The van der Waals surface area contributed by atoms with E-state index in [-0.39, 0.29) is 17.1 Å². The molecule has 0 saturated heterocycles. The Hall–Kier alpha value is -2.69. The molecule has 110 valence electrons. The van der Waals surface area contributed by atoms with Gasteiger partial charge in [-0.25, -0.2) is 0 Å². The van der Waals surface area contributed by atoms with Crippen LogP contribution in [0.3, 0.4) is 0 Å². The number of ether oxygens (including phenoxy) is 3. The Kier molecular flexibility index (Phi) is 4.33. The fourth-order valence-corrected chi connectivity index (χ4v) is 2.03. The highest BCUT2D eigenvalue weighted by atomic mass is 16.5. The lowest BCUT2D eigenvalue weighted by atomic mass is 10.0. The van der Waals surface area contributed by atoms with Gasteiger partial charge in [0.2, 0.25) is 5.78 Å². The van der Waals surface area contributed by atoms with Crippen LogP contribution in [-0.4, -0.2) is 32.2 Å². The van der Waals surface area contributed by atoms with Crippen LogP contribution in [-0.2, 0) is 0 Å². The van der Waals surface area contributed by atoms with Crippen molar-refractivity contribution in [3.05, 3.63) is 47.5 Å². The minimum atomic E-state index is -0.356. The van der Waals surface area contributed by atoms with Crippen molar-refractivity contribution in [2.45, 2.75) is 0 Å². The van der Waals surface area contributed by atoms with Crippen molar-refractivity contribution >= 4 is 5.78 Å². The van der Waals surface area contributed by atoms with Crippen LogP contribution in [0.25, 0.3) is 0 Å². The highest BCUT2D eigenvalue weighted by Gasteiger charge is 2.20. The van der Waals surface area contributed by atoms with Crippen LogP contribution in [0.4, 0.5) is 0 Å². The molecule has 0 heterocycles. The fraction of sp³-hybridized carbons (Fsp3) is 0.188. The van der Waals surface area contributed by atoms with Crippen molar-refractivity contribution in [3.63, 3.8) is 0 Å². The summed E-state index contributed by atoms with van der Waals surface area (Å²) < 4.78 is 15.4. The van der Waals surface area contributed by atoms with Gasteiger partial charge in [-0.1, -0.05) is 12.1 Å². The molecule has 2 aromatic carbocycles. The Labute approximate surface area is 122 Å². The summed E-state index contributed by atoms with van der Waals surface area (Å²) in [4.78, 5) is 12.6. The first-order valence-electron chi connectivity index (χ1n) is 6.25. The molecule has 0 saturated carbocycles. The van der Waals surface area contributed by atoms with E-state index in [1.165, 1.54) is 33.5 Å². The Balaban J connectivity index is 2.53. The molecule has 0 bridgehead atoms. The van der Waals surface area contributed by atoms with E-state index in [9.17, 15) is 9.90 Å². The first-order valence-corrected chi connectivity index (χ1v) is 6.25. The van der Waals surface area contributed by atoms with E-state index in [2.05, 4.69) is 0 Å². The number of aromatic hydroxyl groups is 1. The molecule has 5 nitrogen and oxygen atoms in total. The molecule has 0 fully saturated rings. The van der Waals surface area contributed by atoms with Crippen molar-refractivity contribution in [2.24, 2.45) is 0 Å². The summed E-state index contributed by atoms with van der Waals surface area (Å²) in [5.74, 6) is 0.631. The fourth-order valence-electron chi connectivity index (χ4n) is 2.03. The van der Waals surface area contributed by atoms with Gasteiger partial charge in [-0.3, -0.25) is 4.79 Å². The summed E-state index contributed by atoms with van der Waals surface area (Å²) in [7, 11) is 4.41. The average molecular weight is 288 g/mol. The Morgan fingerprint density at radius 1 is 0.857 bits per heavy atom. The van der Waals surface area contributed by atoms with Crippen LogP contribution >= 0.6 is 0 Å². The van der Waals surface area contributed by atoms with Gasteiger partial charge in [-0.15, -0.1) is 0 Å². The van der Waals surface area contributed by atoms with Gasteiger partial charge >= 0.3 is 0 Å². The van der Waals surface area contributed by atoms with E-state index in [1.807, 2.05) is 0 Å². The molecule has 21 heavy (non-hydrogen) atoms. The third kappa shape index (κ3) is 2.76. The van der Waals surface area contributed by atoms with Crippen LogP contribution in [0, 0.1) is 0 Å². The predicted molar refractivity (Wildman–Crippen MR) is 77.6 cm³/mol. The number of phenolic OH excluding ortho intramolecular Hbond substituents is 1. The molecule has 0 unspecified atom stereocenters. The zero-order chi connectivity index (χ0) is 15.4. The zero-order valence-corrected chi connectivity index (χ0v) is 12.0. The van der Waals surface area contributed by atoms with Crippen molar-refractivity contribution in [2.75, 3.05) is 21.3 Å². The molecular formula is C16H16O5. The van der Waals surface area contributed by atoms with Crippen molar-refractivity contribution < 1.29 is 24.1 Å². The normalized spacial score (nSPS) is 10.0. The largest absolute Gasteiger partial charge is 0.507 e. The molecular weight excluding hydrogens is 272 g/mol. The Morgan fingerprint density at radius 2 is 1.43 bits per heavy atom. The summed E-state index contributed by atoms with van der Waals surface area (Å²) in [6.45, 7) is 0. The molecule has 0 amide bonds. The SMILES string of the molecule is COc1cc(O)c(C(=O)c2ccccc2OC)cc1OC. The highest BCUT2D eigenvalue weighted by Crippen LogP contribution is 2.36. The van der Waals surface area contributed by atoms with Crippen LogP contribution in [0.5, 0.6) is 23.0 Å². The van der Waals surface area contributed by atoms with Crippen LogP contribution in [0.15, 0.2) is 36.4 Å². The summed E-state index contributed by atoms with van der Waals surface area (Å²) >= 11 is 0. The number of ketones is 1. The third-order valence-corrected chi connectivity index (χ3v) is 3.10. The summed E-state index contributed by atoms with van der Waals surface area (Å²) in [5.41, 5.74) is 0.486. The van der Waals surface area contributed by atoms with Crippen LogP contribution in [0.1, 0.15) is 15.9 Å². The summed E-state index contributed by atoms with van der Waals surface area (Å²) in [6.07, 6.45) is 0. The van der Waals surface area contributed by atoms with Gasteiger partial charge in [-0.05, 0) is 18.2 Å². The zero-order valence-electron chi connectivity index (χ0n) is 12.0. The van der Waals surface area contributed by atoms with Gasteiger partial charge in [0.1, 0.15) is 11.5 Å². The van der Waals surface area contributed by atoms with Gasteiger partial charge in [-0.2, -0.15) is 0 Å². The lowest BCUT2D eigenvalue weighted by molar-refractivity contribution is 0.103. The van der Waals surface area contributed by atoms with Crippen LogP contribution < -0.4 is 14.2 Å². The van der Waals surface area contributed by atoms with E-state index in [0.29, 0.717) is 22.8 Å². The van der Waals surface area contributed by atoms with Gasteiger partial charge in [0.05, 0.1) is 32.5 Å². The van der Waals surface area contributed by atoms with E-state index >= 15 is 0 Å². The second-order valence-electron chi connectivity index (χ2n) is 4.25. The number of carbonyl (C=O) groups is 1. The van der Waals surface area contributed by atoms with Crippen LogP contribution in [0.2, 0.25) is 0 Å². The second-order valence-corrected chi connectivity index (χ2v) is 4.25. The van der Waals surface area contributed by atoms with Crippen molar-refractivity contribution in [3.8, 4) is 23.0 Å². The third-order valence-electron chi connectivity index (χ3n) is 3.10. The predicted octanol–water partition coefficient (Wildman–Crippen LogP) is 2.65.